The quantitative estimate of drug-likeness (QED) is 0.315. The zero-order valence-corrected chi connectivity index (χ0v) is 16.9. The molecule has 3 rings (SSSR count). The van der Waals surface area contributed by atoms with Crippen molar-refractivity contribution in [2.75, 3.05) is 18.1 Å². The van der Waals surface area contributed by atoms with Crippen molar-refractivity contribution in [2.24, 2.45) is 0 Å². The lowest BCUT2D eigenvalue weighted by atomic mass is 10.0. The maximum Gasteiger partial charge on any atom is 0.331 e. The summed E-state index contributed by atoms with van der Waals surface area (Å²) in [5, 5.41) is 11.6. The first-order valence-electron chi connectivity index (χ1n) is 8.89. The molecule has 1 amide bonds. The number of benzene rings is 2. The van der Waals surface area contributed by atoms with Gasteiger partial charge in [-0.3, -0.25) is 19.8 Å². The third-order valence-corrected chi connectivity index (χ3v) is 4.93. The topological polar surface area (TPSA) is 99.0 Å². The van der Waals surface area contributed by atoms with E-state index in [-0.39, 0.29) is 29.6 Å². The maximum absolute atomic E-state index is 12.6. The summed E-state index contributed by atoms with van der Waals surface area (Å²) >= 11 is 6.18. The van der Waals surface area contributed by atoms with Gasteiger partial charge in [-0.1, -0.05) is 25.4 Å². The molecule has 1 aliphatic heterocycles. The smallest absolute Gasteiger partial charge is 0.331 e. The van der Waals surface area contributed by atoms with Gasteiger partial charge in [-0.25, -0.2) is 4.79 Å². The lowest BCUT2D eigenvalue weighted by Gasteiger charge is -2.28. The molecule has 0 aliphatic carbocycles. The van der Waals surface area contributed by atoms with Crippen LogP contribution >= 0.6 is 11.6 Å². The van der Waals surface area contributed by atoms with Gasteiger partial charge in [-0.15, -0.1) is 0 Å². The summed E-state index contributed by atoms with van der Waals surface area (Å²) in [7, 11) is 0. The number of ether oxygens (including phenoxy) is 2. The van der Waals surface area contributed by atoms with Crippen molar-refractivity contribution < 1.29 is 24.0 Å². The lowest BCUT2D eigenvalue weighted by molar-refractivity contribution is -0.384. The number of esters is 1. The zero-order chi connectivity index (χ0) is 21.3. The van der Waals surface area contributed by atoms with E-state index in [4.69, 9.17) is 21.1 Å². The van der Waals surface area contributed by atoms with Crippen LogP contribution in [0.15, 0.2) is 30.3 Å². The molecule has 0 bridgehead atoms. The molecule has 0 saturated heterocycles. The number of carbonyl (C=O) groups is 2. The van der Waals surface area contributed by atoms with Gasteiger partial charge in [0.25, 0.3) is 11.6 Å². The fourth-order valence-electron chi connectivity index (χ4n) is 2.97. The summed E-state index contributed by atoms with van der Waals surface area (Å²) in [5.74, 6) is -0.461. The Balaban J connectivity index is 1.87. The third kappa shape index (κ3) is 4.32. The van der Waals surface area contributed by atoms with E-state index >= 15 is 0 Å². The van der Waals surface area contributed by atoms with Gasteiger partial charge in [0.15, 0.2) is 6.61 Å². The SMILES string of the molecule is Cc1cc(OC(=O)CN2C(=O)COc3ccc([N+](=O)[O-])cc32)c(C(C)C)cc1Cl. The molecule has 0 N–H and O–H groups in total. The summed E-state index contributed by atoms with van der Waals surface area (Å²) in [4.78, 5) is 36.5. The Morgan fingerprint density at radius 1 is 1.34 bits per heavy atom. The maximum atomic E-state index is 12.6. The van der Waals surface area contributed by atoms with Crippen LogP contribution in [0.2, 0.25) is 5.02 Å². The average molecular weight is 419 g/mol. The highest BCUT2D eigenvalue weighted by atomic mass is 35.5. The summed E-state index contributed by atoms with van der Waals surface area (Å²) in [5.41, 5.74) is 1.46. The van der Waals surface area contributed by atoms with Gasteiger partial charge in [0.1, 0.15) is 18.0 Å². The van der Waals surface area contributed by atoms with Crippen LogP contribution in [0.25, 0.3) is 0 Å². The van der Waals surface area contributed by atoms with Crippen molar-refractivity contribution in [1.29, 1.82) is 0 Å². The molecule has 0 atom stereocenters. The number of hydrogen-bond acceptors (Lipinski definition) is 6. The van der Waals surface area contributed by atoms with Crippen molar-refractivity contribution in [1.82, 2.24) is 0 Å². The molecule has 1 aliphatic rings. The fraction of sp³-hybridized carbons (Fsp3) is 0.300. The van der Waals surface area contributed by atoms with Crippen LogP contribution in [-0.2, 0) is 9.59 Å². The Hall–Kier alpha value is -3.13. The number of nitro benzene ring substituents is 1. The number of amides is 1. The van der Waals surface area contributed by atoms with Crippen molar-refractivity contribution in [3.63, 3.8) is 0 Å². The highest BCUT2D eigenvalue weighted by molar-refractivity contribution is 6.31. The first kappa shape index (κ1) is 20.6. The molecule has 29 heavy (non-hydrogen) atoms. The van der Waals surface area contributed by atoms with E-state index in [1.54, 1.807) is 19.1 Å². The zero-order valence-electron chi connectivity index (χ0n) is 16.1. The van der Waals surface area contributed by atoms with Crippen LogP contribution in [-0.4, -0.2) is 30.0 Å². The van der Waals surface area contributed by atoms with Gasteiger partial charge in [0.2, 0.25) is 0 Å². The minimum absolute atomic E-state index is 0.0595. The summed E-state index contributed by atoms with van der Waals surface area (Å²) in [6, 6.07) is 7.30. The third-order valence-electron chi connectivity index (χ3n) is 4.52. The second kappa shape index (κ2) is 8.08. The van der Waals surface area contributed by atoms with E-state index in [2.05, 4.69) is 0 Å². The number of halogens is 1. The van der Waals surface area contributed by atoms with E-state index in [0.717, 1.165) is 16.0 Å². The number of fused-ring (bicyclic) bond motifs is 1. The average Bonchev–Trinajstić information content (AvgIpc) is 2.66. The van der Waals surface area contributed by atoms with Crippen molar-refractivity contribution in [3.8, 4) is 11.5 Å². The molecule has 0 aromatic heterocycles. The van der Waals surface area contributed by atoms with Gasteiger partial charge in [-0.2, -0.15) is 0 Å². The Kier molecular flexibility index (Phi) is 5.74. The summed E-state index contributed by atoms with van der Waals surface area (Å²) < 4.78 is 10.8. The fourth-order valence-corrected chi connectivity index (χ4v) is 3.14. The minimum atomic E-state index is -0.679. The first-order valence-corrected chi connectivity index (χ1v) is 9.27. The van der Waals surface area contributed by atoms with E-state index in [9.17, 15) is 19.7 Å². The van der Waals surface area contributed by atoms with Crippen molar-refractivity contribution in [2.45, 2.75) is 26.7 Å². The summed E-state index contributed by atoms with van der Waals surface area (Å²) in [6.07, 6.45) is 0. The molecule has 152 valence electrons. The van der Waals surface area contributed by atoms with Crippen LogP contribution in [0.5, 0.6) is 11.5 Å². The minimum Gasteiger partial charge on any atom is -0.482 e. The van der Waals surface area contributed by atoms with Crippen molar-refractivity contribution >= 4 is 34.9 Å². The van der Waals surface area contributed by atoms with Gasteiger partial charge < -0.3 is 9.47 Å². The number of nitrogens with zero attached hydrogens (tertiary/aromatic N) is 2. The van der Waals surface area contributed by atoms with E-state index < -0.39 is 23.3 Å². The Morgan fingerprint density at radius 2 is 2.07 bits per heavy atom. The summed E-state index contributed by atoms with van der Waals surface area (Å²) in [6.45, 7) is 5.01. The molecule has 9 heteroatoms. The van der Waals surface area contributed by atoms with E-state index in [0.29, 0.717) is 10.8 Å². The molecule has 2 aromatic carbocycles. The normalized spacial score (nSPS) is 13.1. The molecular formula is C20H19ClN2O6. The van der Waals surface area contributed by atoms with E-state index in [1.165, 1.54) is 18.2 Å². The number of non-ortho nitro benzene ring substituents is 1. The van der Waals surface area contributed by atoms with Gasteiger partial charge in [0.05, 0.1) is 10.6 Å². The largest absolute Gasteiger partial charge is 0.482 e. The molecule has 8 nitrogen and oxygen atoms in total. The number of anilines is 1. The molecule has 0 fully saturated rings. The highest BCUT2D eigenvalue weighted by Crippen LogP contribution is 2.36. The second-order valence-electron chi connectivity index (χ2n) is 6.95. The highest BCUT2D eigenvalue weighted by Gasteiger charge is 2.30. The number of nitro groups is 1. The molecule has 1 heterocycles. The predicted molar refractivity (Wildman–Crippen MR) is 107 cm³/mol. The lowest BCUT2D eigenvalue weighted by Crippen LogP contribution is -2.43. The van der Waals surface area contributed by atoms with Crippen molar-refractivity contribution in [3.05, 3.63) is 56.6 Å². The molecule has 0 saturated carbocycles. The number of aryl methyl sites for hydroxylation is 1. The molecule has 0 unspecified atom stereocenters. The van der Waals surface area contributed by atoms with Gasteiger partial charge >= 0.3 is 5.97 Å². The monoisotopic (exact) mass is 418 g/mol. The van der Waals surface area contributed by atoms with Crippen LogP contribution < -0.4 is 14.4 Å². The molecule has 2 aromatic rings. The molecular weight excluding hydrogens is 400 g/mol. The first-order chi connectivity index (χ1) is 13.7. The standard InChI is InChI=1S/C20H19ClN2O6/c1-11(2)14-8-15(21)12(3)6-18(14)29-20(25)9-22-16-7-13(23(26)27)4-5-17(16)28-10-19(22)24/h4-8,11H,9-10H2,1-3H3. The number of rotatable bonds is 5. The van der Waals surface area contributed by atoms with Crippen LogP contribution in [0.1, 0.15) is 30.9 Å². The Morgan fingerprint density at radius 3 is 2.72 bits per heavy atom. The van der Waals surface area contributed by atoms with Crippen LogP contribution in [0.4, 0.5) is 11.4 Å². The van der Waals surface area contributed by atoms with Gasteiger partial charge in [0, 0.05) is 17.2 Å². The number of carbonyl (C=O) groups excluding carboxylic acids is 2. The van der Waals surface area contributed by atoms with Crippen LogP contribution in [0, 0.1) is 17.0 Å². The Bertz CT molecular complexity index is 1000. The Labute approximate surface area is 172 Å². The van der Waals surface area contributed by atoms with E-state index in [1.807, 2.05) is 13.8 Å². The van der Waals surface area contributed by atoms with Crippen LogP contribution in [0.3, 0.4) is 0 Å². The second-order valence-corrected chi connectivity index (χ2v) is 7.35. The van der Waals surface area contributed by atoms with Gasteiger partial charge in [-0.05, 0) is 42.2 Å². The number of hydrogen-bond donors (Lipinski definition) is 0. The molecule has 0 radical (unpaired) electrons. The predicted octanol–water partition coefficient (Wildman–Crippen LogP) is 4.01. The molecule has 0 spiro atoms.